The van der Waals surface area contributed by atoms with Crippen LogP contribution in [0.1, 0.15) is 25.8 Å². The Bertz CT molecular complexity index is 399. The maximum absolute atomic E-state index is 5.13. The van der Waals surface area contributed by atoms with Gasteiger partial charge in [0, 0.05) is 11.4 Å². The fraction of sp³-hybridized carbons (Fsp3) is 0.333. The van der Waals surface area contributed by atoms with Gasteiger partial charge in [0.05, 0.1) is 0 Å². The molecule has 0 amide bonds. The molecule has 86 valence electrons. The molecule has 0 saturated heterocycles. The molecule has 1 aromatic carbocycles. The van der Waals surface area contributed by atoms with Crippen molar-refractivity contribution >= 4 is 28.7 Å². The normalized spacial score (nSPS) is 11.1. The number of para-hydroxylation sites is 1. The molecule has 0 radical (unpaired) electrons. The van der Waals surface area contributed by atoms with Crippen molar-refractivity contribution in [2.45, 2.75) is 27.2 Å². The molecule has 0 aliphatic rings. The summed E-state index contributed by atoms with van der Waals surface area (Å²) < 4.78 is 0. The highest BCUT2D eigenvalue weighted by atomic mass is 32.1. The number of rotatable bonds is 3. The lowest BCUT2D eigenvalue weighted by molar-refractivity contribution is 1.02. The molecule has 0 aromatic heterocycles. The second-order valence-electron chi connectivity index (χ2n) is 3.58. The molecule has 0 fully saturated rings. The van der Waals surface area contributed by atoms with Crippen molar-refractivity contribution in [3.63, 3.8) is 0 Å². The highest BCUT2D eigenvalue weighted by Gasteiger charge is 1.98. The third-order valence-corrected chi connectivity index (χ3v) is 2.45. The van der Waals surface area contributed by atoms with Gasteiger partial charge in [0.25, 0.3) is 0 Å². The highest BCUT2D eigenvalue weighted by molar-refractivity contribution is 7.80. The van der Waals surface area contributed by atoms with Crippen LogP contribution < -0.4 is 10.7 Å². The summed E-state index contributed by atoms with van der Waals surface area (Å²) in [6.07, 6.45) is 0.917. The summed E-state index contributed by atoms with van der Waals surface area (Å²) >= 11 is 5.13. The van der Waals surface area contributed by atoms with E-state index in [9.17, 15) is 0 Å². The standard InChI is InChI=1S/C12H17N3S/c1-4-10(3)14-15-12(16)13-11-8-6-5-7-9(11)2/h5-8H,4H2,1-3H3,(H2,13,15,16)/b14-10-. The molecule has 0 aliphatic heterocycles. The molecule has 1 rings (SSSR count). The monoisotopic (exact) mass is 235 g/mol. The van der Waals surface area contributed by atoms with E-state index in [1.54, 1.807) is 0 Å². The van der Waals surface area contributed by atoms with Crippen molar-refractivity contribution in [3.05, 3.63) is 29.8 Å². The number of hydrazone groups is 1. The van der Waals surface area contributed by atoms with Crippen molar-refractivity contribution in [1.29, 1.82) is 0 Å². The molecule has 1 aromatic rings. The quantitative estimate of drug-likeness (QED) is 0.480. The topological polar surface area (TPSA) is 36.4 Å². The van der Waals surface area contributed by atoms with Crippen molar-refractivity contribution < 1.29 is 0 Å². The third kappa shape index (κ3) is 3.98. The van der Waals surface area contributed by atoms with Gasteiger partial charge in [-0.05, 0) is 44.1 Å². The Morgan fingerprint density at radius 3 is 2.69 bits per heavy atom. The molecule has 0 aliphatic carbocycles. The highest BCUT2D eigenvalue weighted by Crippen LogP contribution is 2.12. The number of nitrogens with zero attached hydrogens (tertiary/aromatic N) is 1. The van der Waals surface area contributed by atoms with Gasteiger partial charge in [0.2, 0.25) is 0 Å². The van der Waals surface area contributed by atoms with Crippen LogP contribution in [0.4, 0.5) is 5.69 Å². The zero-order valence-electron chi connectivity index (χ0n) is 9.87. The number of aryl methyl sites for hydroxylation is 1. The zero-order chi connectivity index (χ0) is 12.0. The molecular weight excluding hydrogens is 218 g/mol. The van der Waals surface area contributed by atoms with E-state index in [0.717, 1.165) is 23.4 Å². The van der Waals surface area contributed by atoms with Crippen molar-refractivity contribution in [1.82, 2.24) is 5.43 Å². The van der Waals surface area contributed by atoms with E-state index in [-0.39, 0.29) is 0 Å². The summed E-state index contributed by atoms with van der Waals surface area (Å²) in [4.78, 5) is 0. The van der Waals surface area contributed by atoms with Crippen LogP contribution in [0.15, 0.2) is 29.4 Å². The molecular formula is C12H17N3S. The lowest BCUT2D eigenvalue weighted by atomic mass is 10.2. The first-order valence-corrected chi connectivity index (χ1v) is 5.70. The minimum absolute atomic E-state index is 0.516. The van der Waals surface area contributed by atoms with Crippen LogP contribution in [-0.2, 0) is 0 Å². The fourth-order valence-corrected chi connectivity index (χ4v) is 1.24. The smallest absolute Gasteiger partial charge is 0.191 e. The van der Waals surface area contributed by atoms with Crippen molar-refractivity contribution in [2.75, 3.05) is 5.32 Å². The van der Waals surface area contributed by atoms with Gasteiger partial charge in [-0.2, -0.15) is 5.10 Å². The first-order chi connectivity index (χ1) is 7.63. The van der Waals surface area contributed by atoms with Crippen LogP contribution in [0.2, 0.25) is 0 Å². The van der Waals surface area contributed by atoms with E-state index in [4.69, 9.17) is 12.2 Å². The average molecular weight is 235 g/mol. The number of benzene rings is 1. The van der Waals surface area contributed by atoms with E-state index in [1.165, 1.54) is 0 Å². The molecule has 4 heteroatoms. The van der Waals surface area contributed by atoms with Crippen LogP contribution in [0, 0.1) is 6.92 Å². The Morgan fingerprint density at radius 1 is 1.38 bits per heavy atom. The van der Waals surface area contributed by atoms with Gasteiger partial charge in [-0.25, -0.2) is 0 Å². The Hall–Kier alpha value is -1.42. The largest absolute Gasteiger partial charge is 0.331 e. The lowest BCUT2D eigenvalue weighted by Crippen LogP contribution is -2.25. The van der Waals surface area contributed by atoms with E-state index >= 15 is 0 Å². The molecule has 3 nitrogen and oxygen atoms in total. The number of anilines is 1. The summed E-state index contributed by atoms with van der Waals surface area (Å²) in [7, 11) is 0. The Balaban J connectivity index is 2.56. The summed E-state index contributed by atoms with van der Waals surface area (Å²) in [5, 5.41) is 7.75. The van der Waals surface area contributed by atoms with Gasteiger partial charge in [-0.3, -0.25) is 5.43 Å². The lowest BCUT2D eigenvalue weighted by Gasteiger charge is -2.09. The van der Waals surface area contributed by atoms with E-state index in [1.807, 2.05) is 38.1 Å². The van der Waals surface area contributed by atoms with Gasteiger partial charge < -0.3 is 5.32 Å². The maximum atomic E-state index is 5.13. The second-order valence-corrected chi connectivity index (χ2v) is 3.99. The molecule has 16 heavy (non-hydrogen) atoms. The van der Waals surface area contributed by atoms with Crippen molar-refractivity contribution in [2.24, 2.45) is 5.10 Å². The minimum atomic E-state index is 0.516. The molecule has 0 heterocycles. The fourth-order valence-electron chi connectivity index (χ4n) is 1.09. The van der Waals surface area contributed by atoms with Crippen LogP contribution in [0.25, 0.3) is 0 Å². The van der Waals surface area contributed by atoms with Gasteiger partial charge in [-0.15, -0.1) is 0 Å². The van der Waals surface area contributed by atoms with Crippen LogP contribution >= 0.6 is 12.2 Å². The molecule has 0 unspecified atom stereocenters. The summed E-state index contributed by atoms with van der Waals surface area (Å²) in [6.45, 7) is 6.05. The first kappa shape index (κ1) is 12.6. The Kier molecular flexibility index (Phi) is 4.92. The second kappa shape index (κ2) is 6.23. The summed E-state index contributed by atoms with van der Waals surface area (Å²) in [5.74, 6) is 0. The number of hydrogen-bond donors (Lipinski definition) is 2. The van der Waals surface area contributed by atoms with Gasteiger partial charge in [-0.1, -0.05) is 25.1 Å². The molecule has 2 N–H and O–H groups in total. The van der Waals surface area contributed by atoms with Gasteiger partial charge >= 0.3 is 0 Å². The van der Waals surface area contributed by atoms with Gasteiger partial charge in [0.1, 0.15) is 0 Å². The number of nitrogens with one attached hydrogen (secondary N) is 2. The summed E-state index contributed by atoms with van der Waals surface area (Å²) in [6, 6.07) is 7.99. The predicted molar refractivity (Wildman–Crippen MR) is 73.9 cm³/mol. The minimum Gasteiger partial charge on any atom is -0.331 e. The molecule has 0 bridgehead atoms. The average Bonchev–Trinajstić information content (AvgIpc) is 2.29. The predicted octanol–water partition coefficient (Wildman–Crippen LogP) is 3.07. The molecule has 0 saturated carbocycles. The maximum Gasteiger partial charge on any atom is 0.191 e. The first-order valence-electron chi connectivity index (χ1n) is 5.29. The van der Waals surface area contributed by atoms with Crippen LogP contribution in [-0.4, -0.2) is 10.8 Å². The molecule has 0 spiro atoms. The zero-order valence-corrected chi connectivity index (χ0v) is 10.7. The van der Waals surface area contributed by atoms with E-state index in [0.29, 0.717) is 5.11 Å². The number of thiocarbonyl (C=S) groups is 1. The van der Waals surface area contributed by atoms with E-state index in [2.05, 4.69) is 22.8 Å². The van der Waals surface area contributed by atoms with Crippen LogP contribution in [0.3, 0.4) is 0 Å². The SMILES string of the molecule is CC/C(C)=N\NC(=S)Nc1ccccc1C. The molecule has 0 atom stereocenters. The Labute approximate surface area is 102 Å². The third-order valence-electron chi connectivity index (χ3n) is 2.25. The van der Waals surface area contributed by atoms with Crippen molar-refractivity contribution in [3.8, 4) is 0 Å². The van der Waals surface area contributed by atoms with Crippen LogP contribution in [0.5, 0.6) is 0 Å². The van der Waals surface area contributed by atoms with E-state index < -0.39 is 0 Å². The Morgan fingerprint density at radius 2 is 2.06 bits per heavy atom. The summed E-state index contributed by atoms with van der Waals surface area (Å²) in [5.41, 5.74) is 6.00. The van der Waals surface area contributed by atoms with Gasteiger partial charge in [0.15, 0.2) is 5.11 Å². The number of hydrogen-bond acceptors (Lipinski definition) is 2.